The molecule has 0 saturated heterocycles. The highest BCUT2D eigenvalue weighted by molar-refractivity contribution is 5.53. The van der Waals surface area contributed by atoms with Crippen molar-refractivity contribution in [3.63, 3.8) is 0 Å². The molecule has 130 valence electrons. The van der Waals surface area contributed by atoms with Crippen LogP contribution >= 0.6 is 0 Å². The molecule has 1 aromatic rings. The molecule has 0 aromatic heterocycles. The zero-order valence-corrected chi connectivity index (χ0v) is 15.6. The molecule has 0 amide bonds. The second kappa shape index (κ2) is 7.88. The largest absolute Gasteiger partial charge is 0.399 e. The van der Waals surface area contributed by atoms with Crippen molar-refractivity contribution in [2.45, 2.75) is 46.5 Å². The molecule has 24 heavy (non-hydrogen) atoms. The van der Waals surface area contributed by atoms with E-state index in [-0.39, 0.29) is 5.41 Å². The molecule has 0 heterocycles. The van der Waals surface area contributed by atoms with E-state index >= 15 is 0 Å². The lowest BCUT2D eigenvalue weighted by Crippen LogP contribution is -2.35. The Morgan fingerprint density at radius 2 is 2.04 bits per heavy atom. The van der Waals surface area contributed by atoms with Gasteiger partial charge in [0.25, 0.3) is 0 Å². The third kappa shape index (κ3) is 4.41. The number of allylic oxidation sites excluding steroid dienone is 3. The number of hydrogen-bond acceptors (Lipinski definition) is 1. The molecule has 2 N–H and O–H groups in total. The maximum atomic E-state index is 5.73. The van der Waals surface area contributed by atoms with Gasteiger partial charge < -0.3 is 5.73 Å². The second-order valence-electron chi connectivity index (χ2n) is 7.93. The number of rotatable bonds is 6. The fourth-order valence-electron chi connectivity index (χ4n) is 4.10. The quantitative estimate of drug-likeness (QED) is 0.469. The number of anilines is 1. The minimum absolute atomic E-state index is 0.224. The Balaban J connectivity index is 1.95. The lowest BCUT2D eigenvalue weighted by Gasteiger charge is -2.45. The Morgan fingerprint density at radius 1 is 1.38 bits per heavy atom. The average Bonchev–Trinajstić information content (AvgIpc) is 2.56. The van der Waals surface area contributed by atoms with Crippen molar-refractivity contribution >= 4 is 11.8 Å². The Morgan fingerprint density at radius 3 is 2.62 bits per heavy atom. The van der Waals surface area contributed by atoms with Crippen LogP contribution in [0.1, 0.15) is 52.0 Å². The number of hydrogen-bond donors (Lipinski definition) is 1. The van der Waals surface area contributed by atoms with Gasteiger partial charge in [-0.1, -0.05) is 56.4 Å². The van der Waals surface area contributed by atoms with Crippen molar-refractivity contribution in [3.8, 4) is 0 Å². The molecule has 1 unspecified atom stereocenters. The van der Waals surface area contributed by atoms with Crippen LogP contribution in [0.15, 0.2) is 55.1 Å². The highest BCUT2D eigenvalue weighted by atomic mass is 14.5. The molecule has 0 bridgehead atoms. The predicted molar refractivity (Wildman–Crippen MR) is 108 cm³/mol. The Bertz CT molecular complexity index is 595. The lowest BCUT2D eigenvalue weighted by atomic mass is 9.60. The van der Waals surface area contributed by atoms with Crippen molar-refractivity contribution in [3.05, 3.63) is 60.7 Å². The third-order valence-electron chi connectivity index (χ3n) is 6.01. The summed E-state index contributed by atoms with van der Waals surface area (Å²) in [4.78, 5) is 0. The first-order valence-corrected chi connectivity index (χ1v) is 9.17. The van der Waals surface area contributed by atoms with Crippen LogP contribution in [0, 0.1) is 23.2 Å². The van der Waals surface area contributed by atoms with Crippen LogP contribution < -0.4 is 5.73 Å². The number of nitrogens with two attached hydrogens (primary N) is 1. The molecular formula is C23H33N. The minimum atomic E-state index is 0.224. The van der Waals surface area contributed by atoms with Crippen LogP contribution in [0.5, 0.6) is 0 Å². The van der Waals surface area contributed by atoms with Gasteiger partial charge in [0.05, 0.1) is 0 Å². The normalized spacial score (nSPS) is 28.6. The van der Waals surface area contributed by atoms with E-state index in [1.807, 2.05) is 12.1 Å². The maximum absolute atomic E-state index is 5.73. The molecule has 1 fully saturated rings. The molecule has 1 aliphatic carbocycles. The first kappa shape index (κ1) is 18.6. The van der Waals surface area contributed by atoms with Crippen molar-refractivity contribution in [1.82, 2.24) is 0 Å². The molecule has 0 aliphatic heterocycles. The van der Waals surface area contributed by atoms with Crippen molar-refractivity contribution in [1.29, 1.82) is 0 Å². The first-order valence-electron chi connectivity index (χ1n) is 9.17. The summed E-state index contributed by atoms with van der Waals surface area (Å²) in [5, 5.41) is 0. The van der Waals surface area contributed by atoms with E-state index in [2.05, 4.69) is 64.3 Å². The lowest BCUT2D eigenvalue weighted by molar-refractivity contribution is 0.122. The summed E-state index contributed by atoms with van der Waals surface area (Å²) in [5.41, 5.74) is 9.31. The summed E-state index contributed by atoms with van der Waals surface area (Å²) in [6, 6.07) is 8.06. The van der Waals surface area contributed by atoms with Gasteiger partial charge >= 0.3 is 0 Å². The van der Waals surface area contributed by atoms with Gasteiger partial charge in [-0.2, -0.15) is 0 Å². The molecule has 1 aromatic carbocycles. The van der Waals surface area contributed by atoms with Gasteiger partial charge in [0.15, 0.2) is 0 Å². The zero-order valence-electron chi connectivity index (χ0n) is 15.6. The molecule has 1 heteroatoms. The molecule has 2 rings (SSSR count). The monoisotopic (exact) mass is 323 g/mol. The fourth-order valence-corrected chi connectivity index (χ4v) is 4.10. The van der Waals surface area contributed by atoms with E-state index in [1.54, 1.807) is 0 Å². The van der Waals surface area contributed by atoms with E-state index in [0.717, 1.165) is 18.0 Å². The van der Waals surface area contributed by atoms with Crippen molar-refractivity contribution in [2.75, 3.05) is 5.73 Å². The molecule has 1 saturated carbocycles. The van der Waals surface area contributed by atoms with E-state index in [1.165, 1.54) is 30.4 Å². The maximum Gasteiger partial charge on any atom is 0.0314 e. The third-order valence-corrected chi connectivity index (χ3v) is 6.01. The summed E-state index contributed by atoms with van der Waals surface area (Å²) < 4.78 is 0. The Labute approximate surface area is 148 Å². The molecule has 1 nitrogen and oxygen atoms in total. The Hall–Kier alpha value is -1.76. The summed E-state index contributed by atoms with van der Waals surface area (Å²) in [6.45, 7) is 15.3. The summed E-state index contributed by atoms with van der Waals surface area (Å²) >= 11 is 0. The zero-order chi connectivity index (χ0) is 17.7. The van der Waals surface area contributed by atoms with E-state index in [0.29, 0.717) is 11.8 Å². The van der Waals surface area contributed by atoms with Gasteiger partial charge in [0, 0.05) is 5.69 Å². The SMILES string of the molecule is C=C[C@]1(C)CC[C@@H](C(C)C/C=C/c2ccc(N)cc2)C[C@H]1C(=C)C. The summed E-state index contributed by atoms with van der Waals surface area (Å²) in [5.74, 6) is 2.04. The minimum Gasteiger partial charge on any atom is -0.399 e. The van der Waals surface area contributed by atoms with Gasteiger partial charge in [-0.15, -0.1) is 6.58 Å². The van der Waals surface area contributed by atoms with E-state index in [4.69, 9.17) is 5.73 Å². The molecular weight excluding hydrogens is 290 g/mol. The number of nitrogen functional groups attached to an aromatic ring is 1. The van der Waals surface area contributed by atoms with Crippen molar-refractivity contribution in [2.24, 2.45) is 23.2 Å². The topological polar surface area (TPSA) is 26.0 Å². The average molecular weight is 324 g/mol. The first-order chi connectivity index (χ1) is 11.4. The fraction of sp³-hybridized carbons (Fsp3) is 0.478. The van der Waals surface area contributed by atoms with Gasteiger partial charge in [0.2, 0.25) is 0 Å². The Kier molecular flexibility index (Phi) is 6.10. The standard InChI is InChI=1S/C23H33N/c1-6-23(5)15-14-20(16-22(23)17(2)3)18(4)8-7-9-19-10-12-21(24)13-11-19/h6-7,9-13,18,20,22H,1-2,8,14-16,24H2,3-5H3/b9-7+/t18?,20-,22+,23-/m1/s1. The van der Waals surface area contributed by atoms with Crippen LogP contribution in [0.4, 0.5) is 5.69 Å². The van der Waals surface area contributed by atoms with Gasteiger partial charge in [-0.05, 0) is 73.5 Å². The van der Waals surface area contributed by atoms with Gasteiger partial charge in [0.1, 0.15) is 0 Å². The smallest absolute Gasteiger partial charge is 0.0314 e. The summed E-state index contributed by atoms with van der Waals surface area (Å²) in [6.07, 6.45) is 11.6. The highest BCUT2D eigenvalue weighted by Gasteiger charge is 2.39. The van der Waals surface area contributed by atoms with Crippen LogP contribution in [-0.2, 0) is 0 Å². The van der Waals surface area contributed by atoms with E-state index < -0.39 is 0 Å². The highest BCUT2D eigenvalue weighted by Crippen LogP contribution is 2.49. The second-order valence-corrected chi connectivity index (χ2v) is 7.93. The number of benzene rings is 1. The van der Waals surface area contributed by atoms with Gasteiger partial charge in [-0.25, -0.2) is 0 Å². The molecule has 4 atom stereocenters. The predicted octanol–water partition coefficient (Wildman–Crippen LogP) is 6.49. The van der Waals surface area contributed by atoms with Crippen molar-refractivity contribution < 1.29 is 0 Å². The van der Waals surface area contributed by atoms with Crippen LogP contribution in [0.3, 0.4) is 0 Å². The van der Waals surface area contributed by atoms with E-state index in [9.17, 15) is 0 Å². The molecule has 1 aliphatic rings. The summed E-state index contributed by atoms with van der Waals surface area (Å²) in [7, 11) is 0. The molecule has 0 radical (unpaired) electrons. The van der Waals surface area contributed by atoms with Gasteiger partial charge in [-0.3, -0.25) is 0 Å². The van der Waals surface area contributed by atoms with Crippen LogP contribution in [0.25, 0.3) is 6.08 Å². The van der Waals surface area contributed by atoms with Crippen LogP contribution in [-0.4, -0.2) is 0 Å². The molecule has 0 spiro atoms. The van der Waals surface area contributed by atoms with Crippen LogP contribution in [0.2, 0.25) is 0 Å².